The summed E-state index contributed by atoms with van der Waals surface area (Å²) in [4.78, 5) is 41.9. The molecule has 3 amide bonds. The van der Waals surface area contributed by atoms with E-state index in [4.69, 9.17) is 23.2 Å². The fourth-order valence-electron chi connectivity index (χ4n) is 3.01. The number of aromatic nitrogens is 1. The molecule has 0 aliphatic carbocycles. The third-order valence-electron chi connectivity index (χ3n) is 4.44. The Morgan fingerprint density at radius 3 is 2.52 bits per heavy atom. The first-order valence-electron chi connectivity index (χ1n) is 8.50. The Bertz CT molecular complexity index is 1160. The van der Waals surface area contributed by atoms with Crippen LogP contribution in [-0.2, 0) is 11.2 Å². The van der Waals surface area contributed by atoms with Gasteiger partial charge in [-0.2, -0.15) is 0 Å². The van der Waals surface area contributed by atoms with Crippen LogP contribution in [0.3, 0.4) is 0 Å². The second-order valence-corrected chi connectivity index (χ2v) is 8.07. The van der Waals surface area contributed by atoms with Gasteiger partial charge in [-0.05, 0) is 30.3 Å². The van der Waals surface area contributed by atoms with Crippen molar-refractivity contribution < 1.29 is 14.4 Å². The van der Waals surface area contributed by atoms with E-state index in [1.54, 1.807) is 29.6 Å². The number of imide groups is 1. The van der Waals surface area contributed by atoms with Gasteiger partial charge in [0.05, 0.1) is 33.3 Å². The maximum atomic E-state index is 12.4. The molecule has 6 nitrogen and oxygen atoms in total. The molecule has 3 aromatic rings. The molecule has 0 saturated heterocycles. The number of thiazole rings is 1. The Hall–Kier alpha value is -2.74. The van der Waals surface area contributed by atoms with Gasteiger partial charge < -0.3 is 5.32 Å². The Morgan fingerprint density at radius 1 is 1.10 bits per heavy atom. The maximum absolute atomic E-state index is 12.4. The SMILES string of the molecule is CN1C(=O)c2ccc(NC(=O)Cc3csc(-c4c(Cl)cccc4Cl)n3)cc2C1=O. The average Bonchev–Trinajstić information content (AvgIpc) is 3.21. The Morgan fingerprint density at radius 2 is 1.79 bits per heavy atom. The molecule has 0 bridgehead atoms. The fraction of sp³-hybridized carbons (Fsp3) is 0.100. The van der Waals surface area contributed by atoms with E-state index in [1.165, 1.54) is 30.5 Å². The molecule has 2 aromatic carbocycles. The number of amides is 3. The van der Waals surface area contributed by atoms with Crippen LogP contribution in [-0.4, -0.2) is 34.7 Å². The van der Waals surface area contributed by atoms with Crippen LogP contribution >= 0.6 is 34.5 Å². The van der Waals surface area contributed by atoms with E-state index in [2.05, 4.69) is 10.3 Å². The molecular formula is C20H13Cl2N3O3S. The van der Waals surface area contributed by atoms with Gasteiger partial charge in [-0.25, -0.2) is 4.98 Å². The van der Waals surface area contributed by atoms with Crippen molar-refractivity contribution in [3.63, 3.8) is 0 Å². The summed E-state index contributed by atoms with van der Waals surface area (Å²) in [6.07, 6.45) is 0.0441. The topological polar surface area (TPSA) is 79.4 Å². The lowest BCUT2D eigenvalue weighted by molar-refractivity contribution is -0.115. The fourth-order valence-corrected chi connectivity index (χ4v) is 4.59. The number of carbonyl (C=O) groups excluding carboxylic acids is 3. The molecule has 146 valence electrons. The number of hydrogen-bond donors (Lipinski definition) is 1. The van der Waals surface area contributed by atoms with Crippen molar-refractivity contribution in [2.75, 3.05) is 12.4 Å². The van der Waals surface area contributed by atoms with E-state index in [0.29, 0.717) is 37.6 Å². The molecule has 1 aliphatic heterocycles. The molecular weight excluding hydrogens is 433 g/mol. The molecule has 2 heterocycles. The smallest absolute Gasteiger partial charge is 0.261 e. The van der Waals surface area contributed by atoms with Crippen LogP contribution in [0.5, 0.6) is 0 Å². The van der Waals surface area contributed by atoms with Gasteiger partial charge in [0.15, 0.2) is 0 Å². The van der Waals surface area contributed by atoms with Crippen LogP contribution < -0.4 is 5.32 Å². The third-order valence-corrected chi connectivity index (χ3v) is 5.98. The first kappa shape index (κ1) is 19.6. The second-order valence-electron chi connectivity index (χ2n) is 6.40. The van der Waals surface area contributed by atoms with E-state index >= 15 is 0 Å². The van der Waals surface area contributed by atoms with Gasteiger partial charge in [0.25, 0.3) is 11.8 Å². The highest BCUT2D eigenvalue weighted by molar-refractivity contribution is 7.13. The standard InChI is InChI=1S/C20H13Cl2N3O3S/c1-25-19(27)12-6-5-10(7-13(12)20(25)28)23-16(26)8-11-9-29-18(24-11)17-14(21)3-2-4-15(17)22/h2-7,9H,8H2,1H3,(H,23,26). The molecule has 1 aromatic heterocycles. The first-order valence-corrected chi connectivity index (χ1v) is 10.1. The molecule has 0 atom stereocenters. The molecule has 1 N–H and O–H groups in total. The van der Waals surface area contributed by atoms with Gasteiger partial charge >= 0.3 is 0 Å². The number of nitrogens with zero attached hydrogens (tertiary/aromatic N) is 2. The zero-order chi connectivity index (χ0) is 20.7. The van der Waals surface area contributed by atoms with Crippen molar-refractivity contribution in [2.24, 2.45) is 0 Å². The van der Waals surface area contributed by atoms with Crippen molar-refractivity contribution >= 4 is 57.9 Å². The summed E-state index contributed by atoms with van der Waals surface area (Å²) in [7, 11) is 1.42. The molecule has 0 unspecified atom stereocenters. The zero-order valence-corrected chi connectivity index (χ0v) is 17.4. The number of benzene rings is 2. The summed E-state index contributed by atoms with van der Waals surface area (Å²) in [6.45, 7) is 0. The van der Waals surface area contributed by atoms with E-state index in [9.17, 15) is 14.4 Å². The molecule has 29 heavy (non-hydrogen) atoms. The highest BCUT2D eigenvalue weighted by Gasteiger charge is 2.32. The lowest BCUT2D eigenvalue weighted by Gasteiger charge is -2.05. The summed E-state index contributed by atoms with van der Waals surface area (Å²) in [5, 5.41) is 6.12. The van der Waals surface area contributed by atoms with E-state index < -0.39 is 0 Å². The van der Waals surface area contributed by atoms with Crippen molar-refractivity contribution in [2.45, 2.75) is 6.42 Å². The van der Waals surface area contributed by atoms with E-state index in [0.717, 1.165) is 4.90 Å². The minimum Gasteiger partial charge on any atom is -0.326 e. The van der Waals surface area contributed by atoms with Crippen LogP contribution in [0.25, 0.3) is 10.6 Å². The number of rotatable bonds is 4. The van der Waals surface area contributed by atoms with Gasteiger partial charge in [-0.15, -0.1) is 11.3 Å². The molecule has 0 fully saturated rings. The van der Waals surface area contributed by atoms with Crippen molar-refractivity contribution in [1.29, 1.82) is 0 Å². The zero-order valence-electron chi connectivity index (χ0n) is 15.0. The van der Waals surface area contributed by atoms with Crippen molar-refractivity contribution in [3.05, 3.63) is 68.6 Å². The second kappa shape index (κ2) is 7.59. The summed E-state index contributed by atoms with van der Waals surface area (Å²) >= 11 is 13.8. The molecule has 0 saturated carbocycles. The van der Waals surface area contributed by atoms with Crippen LogP contribution in [0.2, 0.25) is 10.0 Å². The number of hydrogen-bond acceptors (Lipinski definition) is 5. The Kier molecular flexibility index (Phi) is 5.12. The maximum Gasteiger partial charge on any atom is 0.261 e. The van der Waals surface area contributed by atoms with Gasteiger partial charge in [0.2, 0.25) is 5.91 Å². The predicted octanol–water partition coefficient (Wildman–Crippen LogP) is 4.52. The largest absolute Gasteiger partial charge is 0.326 e. The molecule has 0 spiro atoms. The number of fused-ring (bicyclic) bond motifs is 1. The summed E-state index contributed by atoms with van der Waals surface area (Å²) in [5.41, 5.74) is 2.26. The molecule has 1 aliphatic rings. The normalized spacial score (nSPS) is 13.0. The number of carbonyl (C=O) groups is 3. The van der Waals surface area contributed by atoms with Gasteiger partial charge in [-0.3, -0.25) is 19.3 Å². The van der Waals surface area contributed by atoms with E-state index in [-0.39, 0.29) is 29.7 Å². The lowest BCUT2D eigenvalue weighted by atomic mass is 10.1. The van der Waals surface area contributed by atoms with Crippen LogP contribution in [0.4, 0.5) is 5.69 Å². The lowest BCUT2D eigenvalue weighted by Crippen LogP contribution is -2.24. The number of nitrogens with one attached hydrogen (secondary N) is 1. The van der Waals surface area contributed by atoms with Crippen LogP contribution in [0.1, 0.15) is 26.4 Å². The van der Waals surface area contributed by atoms with Crippen LogP contribution in [0.15, 0.2) is 41.8 Å². The molecule has 0 radical (unpaired) electrons. The van der Waals surface area contributed by atoms with Gasteiger partial charge in [0, 0.05) is 23.7 Å². The minimum absolute atomic E-state index is 0.0441. The Labute approximate surface area is 180 Å². The monoisotopic (exact) mass is 445 g/mol. The number of anilines is 1. The highest BCUT2D eigenvalue weighted by atomic mass is 35.5. The first-order chi connectivity index (χ1) is 13.8. The highest BCUT2D eigenvalue weighted by Crippen LogP contribution is 2.36. The van der Waals surface area contributed by atoms with E-state index in [1.807, 2.05) is 0 Å². The molecule has 9 heteroatoms. The van der Waals surface area contributed by atoms with Gasteiger partial charge in [-0.1, -0.05) is 29.3 Å². The molecule has 4 rings (SSSR count). The van der Waals surface area contributed by atoms with Crippen LogP contribution in [0, 0.1) is 0 Å². The number of halogens is 2. The summed E-state index contributed by atoms with van der Waals surface area (Å²) in [5.74, 6) is -1.03. The third kappa shape index (κ3) is 3.64. The van der Waals surface area contributed by atoms with Crippen molar-refractivity contribution in [3.8, 4) is 10.6 Å². The summed E-state index contributed by atoms with van der Waals surface area (Å²) < 4.78 is 0. The quantitative estimate of drug-likeness (QED) is 0.598. The average molecular weight is 446 g/mol. The predicted molar refractivity (Wildman–Crippen MR) is 113 cm³/mol. The minimum atomic E-state index is -0.387. The van der Waals surface area contributed by atoms with Gasteiger partial charge in [0.1, 0.15) is 5.01 Å². The van der Waals surface area contributed by atoms with Crippen molar-refractivity contribution in [1.82, 2.24) is 9.88 Å². The summed E-state index contributed by atoms with van der Waals surface area (Å²) in [6, 6.07) is 9.85. The Balaban J connectivity index is 1.49.